The maximum Gasteiger partial charge on any atom is 0.264 e. The molecule has 0 bridgehead atoms. The maximum atomic E-state index is 13.9. The zero-order valence-corrected chi connectivity index (χ0v) is 21.8. The van der Waals surface area contributed by atoms with Crippen molar-refractivity contribution in [2.24, 2.45) is 0 Å². The molecule has 0 aliphatic carbocycles. The number of nitrogens with one attached hydrogen (secondary N) is 1. The van der Waals surface area contributed by atoms with Gasteiger partial charge >= 0.3 is 0 Å². The fourth-order valence-corrected chi connectivity index (χ4v) is 5.61. The molecule has 1 atom stereocenters. The van der Waals surface area contributed by atoms with Gasteiger partial charge in [-0.2, -0.15) is 0 Å². The van der Waals surface area contributed by atoms with Crippen LogP contribution in [0.25, 0.3) is 0 Å². The van der Waals surface area contributed by atoms with Gasteiger partial charge in [-0.05, 0) is 79.7 Å². The van der Waals surface area contributed by atoms with E-state index in [0.29, 0.717) is 46.0 Å². The number of rotatable bonds is 10. The fourth-order valence-electron chi connectivity index (χ4n) is 3.71. The number of anilines is 2. The Bertz CT molecular complexity index is 1380. The number of nitrogens with zero attached hydrogens (tertiary/aromatic N) is 2. The molecule has 0 amide bonds. The second-order valence-corrected chi connectivity index (χ2v) is 10.6. The van der Waals surface area contributed by atoms with Gasteiger partial charge in [0.15, 0.2) is 0 Å². The first-order chi connectivity index (χ1) is 17.4. The zero-order chi connectivity index (χ0) is 25.5. The van der Waals surface area contributed by atoms with Crippen LogP contribution in [-0.2, 0) is 10.0 Å². The van der Waals surface area contributed by atoms with E-state index in [1.807, 2.05) is 31.2 Å². The third-order valence-corrected chi connectivity index (χ3v) is 7.88. The summed E-state index contributed by atoms with van der Waals surface area (Å²) in [5.41, 5.74) is 1.77. The Hall–Kier alpha value is -3.26. The molecule has 0 fully saturated rings. The molecule has 1 unspecified atom stereocenters. The van der Waals surface area contributed by atoms with Crippen LogP contribution in [0.5, 0.6) is 5.75 Å². The van der Waals surface area contributed by atoms with E-state index in [1.54, 1.807) is 60.8 Å². The average molecular weight is 542 g/mol. The Kier molecular flexibility index (Phi) is 8.36. The van der Waals surface area contributed by atoms with E-state index in [2.05, 4.69) is 10.3 Å². The highest BCUT2D eigenvalue weighted by Gasteiger charge is 2.32. The summed E-state index contributed by atoms with van der Waals surface area (Å²) in [6.45, 7) is 2.64. The summed E-state index contributed by atoms with van der Waals surface area (Å²) in [5, 5.41) is 4.41. The lowest BCUT2D eigenvalue weighted by atomic mass is 10.2. The van der Waals surface area contributed by atoms with Gasteiger partial charge < -0.3 is 10.1 Å². The smallest absolute Gasteiger partial charge is 0.264 e. The van der Waals surface area contributed by atoms with E-state index in [9.17, 15) is 8.42 Å². The summed E-state index contributed by atoms with van der Waals surface area (Å²) < 4.78 is 35.1. The molecule has 1 N–H and O–H groups in total. The van der Waals surface area contributed by atoms with Gasteiger partial charge in [-0.1, -0.05) is 41.4 Å². The van der Waals surface area contributed by atoms with Crippen LogP contribution in [0.4, 0.5) is 11.4 Å². The van der Waals surface area contributed by atoms with Crippen LogP contribution in [0.15, 0.2) is 102 Å². The monoisotopic (exact) mass is 541 g/mol. The van der Waals surface area contributed by atoms with Crippen LogP contribution in [0.2, 0.25) is 10.0 Å². The zero-order valence-electron chi connectivity index (χ0n) is 19.5. The first-order valence-electron chi connectivity index (χ1n) is 11.3. The second kappa shape index (κ2) is 11.6. The normalized spacial score (nSPS) is 12.1. The maximum absolute atomic E-state index is 13.9. The van der Waals surface area contributed by atoms with Crippen molar-refractivity contribution in [2.45, 2.75) is 17.9 Å². The molecule has 0 aliphatic heterocycles. The summed E-state index contributed by atoms with van der Waals surface area (Å²) in [5.74, 6) is 0.699. The van der Waals surface area contributed by atoms with E-state index in [-0.39, 0.29) is 4.90 Å². The van der Waals surface area contributed by atoms with Crippen LogP contribution in [0.1, 0.15) is 18.7 Å². The van der Waals surface area contributed by atoms with Crippen molar-refractivity contribution >= 4 is 44.6 Å². The van der Waals surface area contributed by atoms with Gasteiger partial charge in [0.1, 0.15) is 12.4 Å². The van der Waals surface area contributed by atoms with Gasteiger partial charge in [0, 0.05) is 22.8 Å². The number of para-hydroxylation sites is 2. The Morgan fingerprint density at radius 1 is 0.889 bits per heavy atom. The van der Waals surface area contributed by atoms with Gasteiger partial charge in [-0.25, -0.2) is 8.42 Å². The highest BCUT2D eigenvalue weighted by Crippen LogP contribution is 2.37. The highest BCUT2D eigenvalue weighted by atomic mass is 35.5. The van der Waals surface area contributed by atoms with Gasteiger partial charge in [0.05, 0.1) is 28.0 Å². The molecule has 0 aliphatic rings. The van der Waals surface area contributed by atoms with Crippen LogP contribution in [0, 0.1) is 0 Å². The van der Waals surface area contributed by atoms with E-state index in [1.165, 1.54) is 16.4 Å². The molecule has 1 heterocycles. The number of halogens is 2. The summed E-state index contributed by atoms with van der Waals surface area (Å²) in [7, 11) is -3.97. The molecule has 0 spiro atoms. The number of aromatic nitrogens is 1. The number of hydrogen-bond donors (Lipinski definition) is 1. The third kappa shape index (κ3) is 6.10. The molecule has 0 saturated carbocycles. The van der Waals surface area contributed by atoms with Crippen molar-refractivity contribution in [3.8, 4) is 5.75 Å². The van der Waals surface area contributed by atoms with Crippen LogP contribution < -0.4 is 14.4 Å². The van der Waals surface area contributed by atoms with Crippen molar-refractivity contribution in [1.29, 1.82) is 0 Å². The minimum absolute atomic E-state index is 0.135. The predicted octanol–water partition coefficient (Wildman–Crippen LogP) is 6.84. The van der Waals surface area contributed by atoms with Crippen molar-refractivity contribution in [3.05, 3.63) is 113 Å². The highest BCUT2D eigenvalue weighted by molar-refractivity contribution is 7.92. The summed E-state index contributed by atoms with van der Waals surface area (Å²) in [6.07, 6.45) is 1.65. The Balaban J connectivity index is 1.64. The lowest BCUT2D eigenvalue weighted by molar-refractivity contribution is 0.333. The first-order valence-corrected chi connectivity index (χ1v) is 13.5. The first kappa shape index (κ1) is 25.8. The molecule has 4 rings (SSSR count). The average Bonchev–Trinajstić information content (AvgIpc) is 2.89. The van der Waals surface area contributed by atoms with E-state index in [4.69, 9.17) is 27.9 Å². The molecule has 6 nitrogen and oxygen atoms in total. The van der Waals surface area contributed by atoms with Gasteiger partial charge in [0.25, 0.3) is 10.0 Å². The minimum atomic E-state index is -3.97. The lowest BCUT2D eigenvalue weighted by Gasteiger charge is -2.32. The number of pyridine rings is 1. The molecular formula is C27H25Cl2N3O3S. The molecule has 186 valence electrons. The molecule has 0 radical (unpaired) electrons. The predicted molar refractivity (Wildman–Crippen MR) is 146 cm³/mol. The molecule has 9 heteroatoms. The molecule has 36 heavy (non-hydrogen) atoms. The van der Waals surface area contributed by atoms with E-state index >= 15 is 0 Å². The second-order valence-electron chi connectivity index (χ2n) is 7.93. The topological polar surface area (TPSA) is 71.5 Å². The van der Waals surface area contributed by atoms with Gasteiger partial charge in [0.2, 0.25) is 0 Å². The van der Waals surface area contributed by atoms with Crippen LogP contribution in [0.3, 0.4) is 0 Å². The summed E-state index contributed by atoms with van der Waals surface area (Å²) >= 11 is 11.9. The van der Waals surface area contributed by atoms with Crippen molar-refractivity contribution < 1.29 is 13.2 Å². The van der Waals surface area contributed by atoms with Crippen molar-refractivity contribution in [1.82, 2.24) is 4.98 Å². The van der Waals surface area contributed by atoms with Crippen LogP contribution >= 0.6 is 23.2 Å². The largest absolute Gasteiger partial charge is 0.492 e. The third-order valence-electron chi connectivity index (χ3n) is 5.48. The Labute approximate surface area is 221 Å². The lowest BCUT2D eigenvalue weighted by Crippen LogP contribution is -2.34. The summed E-state index contributed by atoms with van der Waals surface area (Å²) in [4.78, 5) is 4.55. The van der Waals surface area contributed by atoms with Gasteiger partial charge in [-0.15, -0.1) is 0 Å². The number of ether oxygens (including phenoxy) is 1. The summed E-state index contributed by atoms with van der Waals surface area (Å²) in [6, 6.07) is 25.4. The van der Waals surface area contributed by atoms with Crippen LogP contribution in [-0.4, -0.2) is 26.6 Å². The van der Waals surface area contributed by atoms with E-state index < -0.39 is 16.1 Å². The van der Waals surface area contributed by atoms with Crippen molar-refractivity contribution in [3.63, 3.8) is 0 Å². The quantitative estimate of drug-likeness (QED) is 0.222. The Morgan fingerprint density at radius 2 is 1.53 bits per heavy atom. The Morgan fingerprint density at radius 3 is 2.19 bits per heavy atom. The van der Waals surface area contributed by atoms with Crippen molar-refractivity contribution in [2.75, 3.05) is 22.8 Å². The number of sulfonamides is 1. The SMILES string of the molecule is CC(c1ccccn1)N(c1ccccc1NCCOc1ccc(Cl)cc1)S(=O)(=O)c1ccc(Cl)cc1. The molecule has 3 aromatic carbocycles. The minimum Gasteiger partial charge on any atom is -0.492 e. The van der Waals surface area contributed by atoms with Gasteiger partial charge in [-0.3, -0.25) is 9.29 Å². The molecule has 4 aromatic rings. The number of benzene rings is 3. The molecule has 1 aromatic heterocycles. The fraction of sp³-hybridized carbons (Fsp3) is 0.148. The standard InChI is InChI=1S/C27H25Cl2N3O3S/c1-20(25-6-4-5-17-30-25)32(36(33,34)24-15-11-22(29)12-16-24)27-8-3-2-7-26(27)31-18-19-35-23-13-9-21(28)10-14-23/h2-17,20,31H,18-19H2,1H3. The molecular weight excluding hydrogens is 517 g/mol. The van der Waals surface area contributed by atoms with E-state index in [0.717, 1.165) is 0 Å². The number of hydrogen-bond acceptors (Lipinski definition) is 5. The molecule has 0 saturated heterocycles.